The number of phenolic OH excluding ortho intramolecular Hbond substituents is 2. The number of phenols is 2. The van der Waals surface area contributed by atoms with Gasteiger partial charge in [-0.1, -0.05) is 0 Å². The van der Waals surface area contributed by atoms with Crippen LogP contribution in [0.5, 0.6) is 23.0 Å². The number of rotatable bonds is 4. The lowest BCUT2D eigenvalue weighted by molar-refractivity contribution is 0.355. The molecule has 2 aromatic carbocycles. The molecule has 0 radical (unpaired) electrons. The number of methoxy groups -OCH3 is 2. The van der Waals surface area contributed by atoms with Crippen molar-refractivity contribution in [2.45, 2.75) is 0 Å². The highest BCUT2D eigenvalue weighted by molar-refractivity contribution is 5.84. The fourth-order valence-electron chi connectivity index (χ4n) is 2.44. The third kappa shape index (κ3) is 2.66. The summed E-state index contributed by atoms with van der Waals surface area (Å²) in [6.07, 6.45) is 1.60. The molecule has 0 aliphatic rings. The molecule has 3 rings (SSSR count). The minimum Gasteiger partial charge on any atom is -0.508 e. The molecule has 0 saturated heterocycles. The predicted molar refractivity (Wildman–Crippen MR) is 85.9 cm³/mol. The molecule has 0 unspecified atom stereocenters. The predicted octanol–water partition coefficient (Wildman–Crippen LogP) is 3.17. The zero-order valence-corrected chi connectivity index (χ0v) is 12.7. The van der Waals surface area contributed by atoms with Gasteiger partial charge in [0.1, 0.15) is 11.5 Å². The molecule has 0 amide bonds. The Labute approximate surface area is 132 Å². The molecule has 3 N–H and O–H groups in total. The fraction of sp³-hybridized carbons (Fsp3) is 0.118. The lowest BCUT2D eigenvalue weighted by Gasteiger charge is -2.10. The Bertz CT molecular complexity index is 842. The number of hydrogen-bond acceptors (Lipinski definition) is 5. The Hall–Kier alpha value is -3.15. The molecule has 0 spiro atoms. The number of aromatic hydroxyl groups is 2. The smallest absolute Gasteiger partial charge is 0.161 e. The zero-order valence-electron chi connectivity index (χ0n) is 12.7. The monoisotopic (exact) mass is 312 g/mol. The van der Waals surface area contributed by atoms with Crippen LogP contribution in [-0.4, -0.2) is 34.6 Å². The topological polar surface area (TPSA) is 87.6 Å². The van der Waals surface area contributed by atoms with E-state index in [9.17, 15) is 10.2 Å². The molecule has 0 atom stereocenters. The van der Waals surface area contributed by atoms with Gasteiger partial charge in [0.05, 0.1) is 26.1 Å². The van der Waals surface area contributed by atoms with Crippen molar-refractivity contribution in [1.82, 2.24) is 10.2 Å². The van der Waals surface area contributed by atoms with Crippen molar-refractivity contribution in [1.29, 1.82) is 0 Å². The summed E-state index contributed by atoms with van der Waals surface area (Å²) in [5.41, 5.74) is 2.68. The molecule has 1 heterocycles. The molecule has 0 fully saturated rings. The van der Waals surface area contributed by atoms with Crippen LogP contribution in [0.25, 0.3) is 22.4 Å². The molecule has 1 aromatic heterocycles. The van der Waals surface area contributed by atoms with Crippen LogP contribution in [-0.2, 0) is 0 Å². The number of benzene rings is 2. The van der Waals surface area contributed by atoms with Crippen molar-refractivity contribution in [2.24, 2.45) is 0 Å². The lowest BCUT2D eigenvalue weighted by atomic mass is 10.0. The molecule has 0 aliphatic carbocycles. The van der Waals surface area contributed by atoms with Crippen LogP contribution in [0.3, 0.4) is 0 Å². The van der Waals surface area contributed by atoms with Gasteiger partial charge in [0.2, 0.25) is 0 Å². The Morgan fingerprint density at radius 2 is 1.70 bits per heavy atom. The molecular weight excluding hydrogens is 296 g/mol. The standard InChI is InChI=1S/C17H16N2O4/c1-22-15-6-3-10(7-16(15)23-2)17-13(9-18-19-17)12-8-11(20)4-5-14(12)21/h3-9,20-21H,1-2H3,(H,18,19). The van der Waals surface area contributed by atoms with Crippen LogP contribution in [0, 0.1) is 0 Å². The first kappa shape index (κ1) is 14.8. The van der Waals surface area contributed by atoms with E-state index in [2.05, 4.69) is 10.2 Å². The van der Waals surface area contributed by atoms with Crippen molar-refractivity contribution >= 4 is 0 Å². The van der Waals surface area contributed by atoms with Gasteiger partial charge in [-0.15, -0.1) is 0 Å². The van der Waals surface area contributed by atoms with Crippen LogP contribution in [0.2, 0.25) is 0 Å². The molecule has 118 valence electrons. The second kappa shape index (κ2) is 5.92. The molecule has 3 aromatic rings. The average molecular weight is 312 g/mol. The third-order valence-electron chi connectivity index (χ3n) is 3.58. The quantitative estimate of drug-likeness (QED) is 0.644. The van der Waals surface area contributed by atoms with Crippen LogP contribution >= 0.6 is 0 Å². The Morgan fingerprint density at radius 3 is 2.43 bits per heavy atom. The van der Waals surface area contributed by atoms with Gasteiger partial charge in [0.25, 0.3) is 0 Å². The first-order chi connectivity index (χ1) is 11.1. The molecule has 23 heavy (non-hydrogen) atoms. The fourth-order valence-corrected chi connectivity index (χ4v) is 2.44. The van der Waals surface area contributed by atoms with Crippen molar-refractivity contribution < 1.29 is 19.7 Å². The number of aromatic amines is 1. The van der Waals surface area contributed by atoms with Crippen molar-refractivity contribution in [3.05, 3.63) is 42.6 Å². The highest BCUT2D eigenvalue weighted by atomic mass is 16.5. The van der Waals surface area contributed by atoms with E-state index < -0.39 is 0 Å². The van der Waals surface area contributed by atoms with Crippen LogP contribution in [0.15, 0.2) is 42.6 Å². The van der Waals surface area contributed by atoms with Gasteiger partial charge in [0, 0.05) is 16.7 Å². The molecule has 0 bridgehead atoms. The van der Waals surface area contributed by atoms with Gasteiger partial charge in [-0.25, -0.2) is 0 Å². The van der Waals surface area contributed by atoms with E-state index in [4.69, 9.17) is 9.47 Å². The third-order valence-corrected chi connectivity index (χ3v) is 3.58. The van der Waals surface area contributed by atoms with Gasteiger partial charge >= 0.3 is 0 Å². The van der Waals surface area contributed by atoms with Gasteiger partial charge < -0.3 is 19.7 Å². The summed E-state index contributed by atoms with van der Waals surface area (Å²) < 4.78 is 10.5. The summed E-state index contributed by atoms with van der Waals surface area (Å²) in [5.74, 6) is 1.34. The largest absolute Gasteiger partial charge is 0.508 e. The second-order valence-corrected chi connectivity index (χ2v) is 4.93. The van der Waals surface area contributed by atoms with Gasteiger partial charge in [-0.2, -0.15) is 5.10 Å². The van der Waals surface area contributed by atoms with Crippen molar-refractivity contribution in [3.63, 3.8) is 0 Å². The number of hydrogen-bond donors (Lipinski definition) is 3. The number of H-pyrrole nitrogens is 1. The van der Waals surface area contributed by atoms with Crippen molar-refractivity contribution in [3.8, 4) is 45.4 Å². The molecule has 6 nitrogen and oxygen atoms in total. The van der Waals surface area contributed by atoms with E-state index in [1.165, 1.54) is 18.2 Å². The van der Waals surface area contributed by atoms with Crippen LogP contribution in [0.4, 0.5) is 0 Å². The lowest BCUT2D eigenvalue weighted by Crippen LogP contribution is -1.91. The first-order valence-corrected chi connectivity index (χ1v) is 6.92. The summed E-state index contributed by atoms with van der Waals surface area (Å²) in [6, 6.07) is 9.82. The molecule has 0 saturated carbocycles. The zero-order chi connectivity index (χ0) is 16.4. The van der Waals surface area contributed by atoms with Gasteiger partial charge in [-0.05, 0) is 36.4 Å². The maximum Gasteiger partial charge on any atom is 0.161 e. The minimum atomic E-state index is 0.0610. The van der Waals surface area contributed by atoms with Gasteiger partial charge in [0.15, 0.2) is 11.5 Å². The summed E-state index contributed by atoms with van der Waals surface area (Å²) in [4.78, 5) is 0. The Kier molecular flexibility index (Phi) is 3.80. The normalized spacial score (nSPS) is 10.5. The molecule has 0 aliphatic heterocycles. The van der Waals surface area contributed by atoms with E-state index in [-0.39, 0.29) is 11.5 Å². The highest BCUT2D eigenvalue weighted by Gasteiger charge is 2.15. The van der Waals surface area contributed by atoms with E-state index in [0.717, 1.165) is 5.56 Å². The number of ether oxygens (including phenoxy) is 2. The van der Waals surface area contributed by atoms with E-state index in [0.29, 0.717) is 28.3 Å². The van der Waals surface area contributed by atoms with Crippen molar-refractivity contribution in [2.75, 3.05) is 14.2 Å². The number of nitrogens with zero attached hydrogens (tertiary/aromatic N) is 1. The number of nitrogens with one attached hydrogen (secondary N) is 1. The summed E-state index contributed by atoms with van der Waals surface area (Å²) in [7, 11) is 3.14. The Morgan fingerprint density at radius 1 is 0.913 bits per heavy atom. The maximum atomic E-state index is 10.1. The van der Waals surface area contributed by atoms with Gasteiger partial charge in [-0.3, -0.25) is 5.10 Å². The first-order valence-electron chi connectivity index (χ1n) is 6.92. The minimum absolute atomic E-state index is 0.0610. The molecule has 6 heteroatoms. The average Bonchev–Trinajstić information content (AvgIpc) is 3.05. The summed E-state index contributed by atoms with van der Waals surface area (Å²) >= 11 is 0. The van der Waals surface area contributed by atoms with E-state index in [1.54, 1.807) is 26.5 Å². The van der Waals surface area contributed by atoms with E-state index >= 15 is 0 Å². The summed E-state index contributed by atoms with van der Waals surface area (Å²) in [6.45, 7) is 0. The summed E-state index contributed by atoms with van der Waals surface area (Å²) in [5, 5.41) is 26.7. The highest BCUT2D eigenvalue weighted by Crippen LogP contribution is 2.39. The second-order valence-electron chi connectivity index (χ2n) is 4.93. The SMILES string of the molecule is COc1ccc(-c2[nH]ncc2-c2cc(O)ccc2O)cc1OC. The van der Waals surface area contributed by atoms with Crippen LogP contribution < -0.4 is 9.47 Å². The van der Waals surface area contributed by atoms with E-state index in [1.807, 2.05) is 12.1 Å². The maximum absolute atomic E-state index is 10.1. The number of aromatic nitrogens is 2. The Balaban J connectivity index is 2.13. The molecular formula is C17H16N2O4. The van der Waals surface area contributed by atoms with Crippen LogP contribution in [0.1, 0.15) is 0 Å².